The maximum atomic E-state index is 10.3. The average Bonchev–Trinajstić information content (AvgIpc) is 2.77. The molecule has 0 bridgehead atoms. The fourth-order valence-electron chi connectivity index (χ4n) is 1.62. The molecule has 1 N–H and O–H groups in total. The Bertz CT molecular complexity index is 503. The van der Waals surface area contributed by atoms with Gasteiger partial charge in [0.2, 0.25) is 0 Å². The summed E-state index contributed by atoms with van der Waals surface area (Å²) in [5.41, 5.74) is 1.15. The van der Waals surface area contributed by atoms with E-state index in [9.17, 15) is 5.11 Å². The zero-order chi connectivity index (χ0) is 13.0. The molecule has 0 saturated carbocycles. The zero-order valence-corrected chi connectivity index (χ0v) is 10.6. The molecule has 0 aliphatic carbocycles. The molecule has 0 radical (unpaired) electrons. The van der Waals surface area contributed by atoms with Crippen LogP contribution < -0.4 is 0 Å². The second-order valence-electron chi connectivity index (χ2n) is 3.67. The second kappa shape index (κ2) is 5.90. The molecule has 0 aromatic carbocycles. The Morgan fingerprint density at radius 3 is 2.94 bits per heavy atom. The minimum atomic E-state index is -0.882. The molecule has 18 heavy (non-hydrogen) atoms. The van der Waals surface area contributed by atoms with E-state index in [0.717, 1.165) is 0 Å². The second-order valence-corrected chi connectivity index (χ2v) is 4.08. The number of aliphatic hydroxyl groups is 1. The van der Waals surface area contributed by atoms with Gasteiger partial charge in [-0.1, -0.05) is 11.6 Å². The summed E-state index contributed by atoms with van der Waals surface area (Å²) in [7, 11) is 1.61. The van der Waals surface area contributed by atoms with E-state index in [1.807, 2.05) is 0 Å². The summed E-state index contributed by atoms with van der Waals surface area (Å²) in [5, 5.41) is 22.2. The Morgan fingerprint density at radius 1 is 1.44 bits per heavy atom. The molecular formula is C11H13ClN4O2. The van der Waals surface area contributed by atoms with Crippen molar-refractivity contribution in [1.29, 1.82) is 0 Å². The smallest absolute Gasteiger partial charge is 0.124 e. The first kappa shape index (κ1) is 12.9. The van der Waals surface area contributed by atoms with Gasteiger partial charge in [-0.2, -0.15) is 15.3 Å². The number of ether oxygens (including phenoxy) is 1. The lowest BCUT2D eigenvalue weighted by molar-refractivity contribution is 0.171. The molecule has 6 nitrogen and oxygen atoms in total. The lowest BCUT2D eigenvalue weighted by atomic mass is 10.1. The van der Waals surface area contributed by atoms with Gasteiger partial charge >= 0.3 is 0 Å². The van der Waals surface area contributed by atoms with Crippen molar-refractivity contribution in [1.82, 2.24) is 20.0 Å². The third-order valence-corrected chi connectivity index (χ3v) is 2.81. The van der Waals surface area contributed by atoms with E-state index in [1.54, 1.807) is 17.9 Å². The molecular weight excluding hydrogens is 256 g/mol. The van der Waals surface area contributed by atoms with Crippen molar-refractivity contribution >= 4 is 11.6 Å². The molecule has 2 aromatic heterocycles. The molecule has 0 amide bonds. The molecule has 7 heteroatoms. The lowest BCUT2D eigenvalue weighted by Gasteiger charge is -2.13. The first-order valence-electron chi connectivity index (χ1n) is 5.39. The fraction of sp³-hybridized carbons (Fsp3) is 0.364. The summed E-state index contributed by atoms with van der Waals surface area (Å²) in [6, 6.07) is 1.68. The van der Waals surface area contributed by atoms with Crippen LogP contribution >= 0.6 is 11.6 Å². The first-order valence-corrected chi connectivity index (χ1v) is 5.76. The van der Waals surface area contributed by atoms with Crippen LogP contribution in [-0.4, -0.2) is 38.8 Å². The lowest BCUT2D eigenvalue weighted by Crippen LogP contribution is -2.13. The predicted octanol–water partition coefficient (Wildman–Crippen LogP) is 1.05. The van der Waals surface area contributed by atoms with Crippen molar-refractivity contribution < 1.29 is 9.84 Å². The van der Waals surface area contributed by atoms with Crippen LogP contribution in [0.15, 0.2) is 24.7 Å². The minimum Gasteiger partial charge on any atom is -0.383 e. The number of methoxy groups -OCH3 is 1. The van der Waals surface area contributed by atoms with Crippen molar-refractivity contribution in [2.45, 2.75) is 12.6 Å². The van der Waals surface area contributed by atoms with E-state index in [-0.39, 0.29) is 0 Å². The first-order chi connectivity index (χ1) is 8.74. The fourth-order valence-corrected chi connectivity index (χ4v) is 1.86. The monoisotopic (exact) mass is 268 g/mol. The van der Waals surface area contributed by atoms with Gasteiger partial charge in [-0.15, -0.1) is 0 Å². The molecule has 1 unspecified atom stereocenters. The predicted molar refractivity (Wildman–Crippen MR) is 65.2 cm³/mol. The Morgan fingerprint density at radius 2 is 2.28 bits per heavy atom. The van der Waals surface area contributed by atoms with Gasteiger partial charge < -0.3 is 9.84 Å². The van der Waals surface area contributed by atoms with Crippen LogP contribution in [0.25, 0.3) is 0 Å². The molecule has 0 fully saturated rings. The number of halogens is 1. The molecule has 0 spiro atoms. The van der Waals surface area contributed by atoms with Gasteiger partial charge in [0.25, 0.3) is 0 Å². The summed E-state index contributed by atoms with van der Waals surface area (Å²) in [6.07, 6.45) is 3.63. The van der Waals surface area contributed by atoms with Gasteiger partial charge in [0, 0.05) is 18.9 Å². The number of aliphatic hydroxyl groups excluding tert-OH is 1. The Balaban J connectivity index is 2.29. The minimum absolute atomic E-state index is 0.412. The third kappa shape index (κ3) is 2.66. The summed E-state index contributed by atoms with van der Waals surface area (Å²) < 4.78 is 6.61. The third-order valence-electron chi connectivity index (χ3n) is 2.52. The molecule has 1 atom stereocenters. The molecule has 0 saturated heterocycles. The van der Waals surface area contributed by atoms with Crippen molar-refractivity contribution in [3.05, 3.63) is 40.9 Å². The highest BCUT2D eigenvalue weighted by molar-refractivity contribution is 6.31. The quantitative estimate of drug-likeness (QED) is 0.878. The van der Waals surface area contributed by atoms with Crippen LogP contribution in [0.2, 0.25) is 5.02 Å². The zero-order valence-electron chi connectivity index (χ0n) is 9.82. The van der Waals surface area contributed by atoms with Crippen LogP contribution in [0, 0.1) is 0 Å². The summed E-state index contributed by atoms with van der Waals surface area (Å²) in [4.78, 5) is 0. The Kier molecular flexibility index (Phi) is 4.24. The summed E-state index contributed by atoms with van der Waals surface area (Å²) in [5.74, 6) is 0. The standard InChI is InChI=1S/C11H13ClN4O2/c1-18-5-4-16-10(9(12)7-15-16)11(17)8-2-3-13-14-6-8/h2-3,6-7,11,17H,4-5H2,1H3. The molecule has 2 aromatic rings. The molecule has 2 heterocycles. The normalized spacial score (nSPS) is 12.6. The highest BCUT2D eigenvalue weighted by Gasteiger charge is 2.20. The average molecular weight is 269 g/mol. The van der Waals surface area contributed by atoms with Gasteiger partial charge in [0.1, 0.15) is 6.10 Å². The molecule has 96 valence electrons. The van der Waals surface area contributed by atoms with Crippen molar-refractivity contribution in [2.24, 2.45) is 0 Å². The van der Waals surface area contributed by atoms with E-state index >= 15 is 0 Å². The number of nitrogens with zero attached hydrogens (tertiary/aromatic N) is 4. The van der Waals surface area contributed by atoms with Crippen molar-refractivity contribution in [2.75, 3.05) is 13.7 Å². The largest absolute Gasteiger partial charge is 0.383 e. The highest BCUT2D eigenvalue weighted by Crippen LogP contribution is 2.27. The molecule has 0 aliphatic rings. The number of hydrogen-bond acceptors (Lipinski definition) is 5. The maximum absolute atomic E-state index is 10.3. The van der Waals surface area contributed by atoms with Gasteiger partial charge in [-0.25, -0.2) is 0 Å². The summed E-state index contributed by atoms with van der Waals surface area (Å²) in [6.45, 7) is 1.01. The van der Waals surface area contributed by atoms with E-state index in [1.165, 1.54) is 18.6 Å². The van der Waals surface area contributed by atoms with Gasteiger partial charge in [-0.3, -0.25) is 4.68 Å². The topological polar surface area (TPSA) is 73.1 Å². The summed E-state index contributed by atoms with van der Waals surface area (Å²) >= 11 is 6.05. The number of rotatable bonds is 5. The van der Waals surface area contributed by atoms with E-state index in [4.69, 9.17) is 16.3 Å². The van der Waals surface area contributed by atoms with Crippen molar-refractivity contribution in [3.8, 4) is 0 Å². The molecule has 2 rings (SSSR count). The maximum Gasteiger partial charge on any atom is 0.124 e. The van der Waals surface area contributed by atoms with E-state index in [2.05, 4.69) is 15.3 Å². The van der Waals surface area contributed by atoms with Crippen LogP contribution in [0.1, 0.15) is 17.4 Å². The van der Waals surface area contributed by atoms with Gasteiger partial charge in [0.15, 0.2) is 0 Å². The molecule has 0 aliphatic heterocycles. The Hall–Kier alpha value is -1.50. The SMILES string of the molecule is COCCn1ncc(Cl)c1C(O)c1ccnnc1. The van der Waals surface area contributed by atoms with E-state index < -0.39 is 6.10 Å². The van der Waals surface area contributed by atoms with E-state index in [0.29, 0.717) is 29.4 Å². The van der Waals surface area contributed by atoms with Crippen LogP contribution in [0.4, 0.5) is 0 Å². The van der Waals surface area contributed by atoms with Gasteiger partial charge in [-0.05, 0) is 6.07 Å². The number of hydrogen-bond donors (Lipinski definition) is 1. The van der Waals surface area contributed by atoms with Gasteiger partial charge in [0.05, 0.1) is 36.3 Å². The van der Waals surface area contributed by atoms with Crippen LogP contribution in [0.3, 0.4) is 0 Å². The number of aromatic nitrogens is 4. The van der Waals surface area contributed by atoms with Crippen LogP contribution in [-0.2, 0) is 11.3 Å². The van der Waals surface area contributed by atoms with Crippen molar-refractivity contribution in [3.63, 3.8) is 0 Å². The highest BCUT2D eigenvalue weighted by atomic mass is 35.5. The Labute approximate surface area is 109 Å². The van der Waals surface area contributed by atoms with Crippen LogP contribution in [0.5, 0.6) is 0 Å².